The van der Waals surface area contributed by atoms with Crippen LogP contribution in [0.25, 0.3) is 0 Å². The summed E-state index contributed by atoms with van der Waals surface area (Å²) < 4.78 is 68.8. The van der Waals surface area contributed by atoms with Crippen LogP contribution < -0.4 is 0 Å². The molecule has 19 heteroatoms. The van der Waals surface area contributed by atoms with Gasteiger partial charge in [-0.05, 0) is 31.6 Å². The Labute approximate surface area is 632 Å². The lowest BCUT2D eigenvalue weighted by Gasteiger charge is -2.21. The molecule has 3 unspecified atom stereocenters. The standard InChI is InChI=1S/C84H164O17P2/c1-6-10-13-16-19-22-25-28-29-32-36-39-44-48-53-58-63-68-82(87)95-74-80(101-84(89)70-65-60-55-50-45-40-37-34-31-30-33-35-38-41-46-51-56-61-66-77(5)9-4)76-99-103(92,93)97-72-78(85)71-96-102(90,91)98-75-79(100-83(88)69-64-59-54-49-43-27-24-21-18-15-12-8-3)73-94-81(86)67-62-57-52-47-42-26-23-20-17-14-11-7-2/h77-80,85H,6-76H2,1-5H3,(H,90,91)(H,92,93)/t77?,78-,79+,80+/m0/s1. The highest BCUT2D eigenvalue weighted by Crippen LogP contribution is 2.45. The van der Waals surface area contributed by atoms with Gasteiger partial charge in [-0.2, -0.15) is 0 Å². The van der Waals surface area contributed by atoms with Crippen LogP contribution in [0.3, 0.4) is 0 Å². The smallest absolute Gasteiger partial charge is 0.462 e. The third kappa shape index (κ3) is 76.6. The van der Waals surface area contributed by atoms with E-state index in [1.165, 1.54) is 276 Å². The van der Waals surface area contributed by atoms with Gasteiger partial charge < -0.3 is 33.8 Å². The number of aliphatic hydroxyl groups excluding tert-OH is 1. The number of aliphatic hydroxyl groups is 1. The molecule has 0 heterocycles. The van der Waals surface area contributed by atoms with Crippen molar-refractivity contribution in [3.63, 3.8) is 0 Å². The van der Waals surface area contributed by atoms with Crippen LogP contribution in [0.1, 0.15) is 452 Å². The second-order valence-electron chi connectivity index (χ2n) is 30.5. The van der Waals surface area contributed by atoms with Crippen molar-refractivity contribution in [3.8, 4) is 0 Å². The van der Waals surface area contributed by atoms with Gasteiger partial charge >= 0.3 is 39.5 Å². The second kappa shape index (κ2) is 76.8. The number of esters is 4. The lowest BCUT2D eigenvalue weighted by molar-refractivity contribution is -0.161. The Kier molecular flexibility index (Phi) is 75.4. The first-order valence-electron chi connectivity index (χ1n) is 43.7. The summed E-state index contributed by atoms with van der Waals surface area (Å²) in [5.74, 6) is -1.23. The molecule has 0 radical (unpaired) electrons. The number of phosphoric ester groups is 2. The van der Waals surface area contributed by atoms with Crippen molar-refractivity contribution in [2.45, 2.75) is 470 Å². The molecule has 0 fully saturated rings. The van der Waals surface area contributed by atoms with Gasteiger partial charge in [-0.1, -0.05) is 401 Å². The Morgan fingerprint density at radius 1 is 0.272 bits per heavy atom. The molecule has 0 rings (SSSR count). The summed E-state index contributed by atoms with van der Waals surface area (Å²) in [5, 5.41) is 10.7. The van der Waals surface area contributed by atoms with E-state index < -0.39 is 97.5 Å². The van der Waals surface area contributed by atoms with Crippen LogP contribution in [0.4, 0.5) is 0 Å². The first-order chi connectivity index (χ1) is 50.1. The van der Waals surface area contributed by atoms with E-state index in [4.69, 9.17) is 37.0 Å². The van der Waals surface area contributed by atoms with Gasteiger partial charge in [0.1, 0.15) is 19.3 Å². The molecule has 3 N–H and O–H groups in total. The summed E-state index contributed by atoms with van der Waals surface area (Å²) >= 11 is 0. The van der Waals surface area contributed by atoms with E-state index in [1.54, 1.807) is 0 Å². The molecule has 0 bridgehead atoms. The van der Waals surface area contributed by atoms with Gasteiger partial charge in [0.05, 0.1) is 26.4 Å². The highest BCUT2D eigenvalue weighted by atomic mass is 31.2. The lowest BCUT2D eigenvalue weighted by Crippen LogP contribution is -2.30. The summed E-state index contributed by atoms with van der Waals surface area (Å²) in [4.78, 5) is 73.1. The molecule has 0 saturated heterocycles. The monoisotopic (exact) mass is 1510 g/mol. The Balaban J connectivity index is 5.22. The number of carbonyl (C=O) groups is 4. The van der Waals surface area contributed by atoms with Crippen LogP contribution >= 0.6 is 15.6 Å². The molecule has 17 nitrogen and oxygen atoms in total. The van der Waals surface area contributed by atoms with E-state index in [0.29, 0.717) is 25.7 Å². The number of hydrogen-bond acceptors (Lipinski definition) is 15. The highest BCUT2D eigenvalue weighted by molar-refractivity contribution is 7.47. The van der Waals surface area contributed by atoms with E-state index >= 15 is 0 Å². The van der Waals surface area contributed by atoms with Crippen LogP contribution in [0.5, 0.6) is 0 Å². The van der Waals surface area contributed by atoms with E-state index in [9.17, 15) is 43.2 Å². The maximum absolute atomic E-state index is 13.1. The molecular formula is C84H164O17P2. The fourth-order valence-corrected chi connectivity index (χ4v) is 14.7. The fraction of sp³-hybridized carbons (Fsp3) is 0.952. The maximum Gasteiger partial charge on any atom is 0.472 e. The molecule has 6 atom stereocenters. The Hall–Kier alpha value is -1.94. The van der Waals surface area contributed by atoms with Crippen LogP contribution in [0.2, 0.25) is 0 Å². The van der Waals surface area contributed by atoms with Gasteiger partial charge in [0.15, 0.2) is 12.2 Å². The number of rotatable bonds is 84. The summed E-state index contributed by atoms with van der Waals surface area (Å²) in [6, 6.07) is 0. The zero-order chi connectivity index (χ0) is 75.5. The summed E-state index contributed by atoms with van der Waals surface area (Å²) in [7, 11) is -9.92. The van der Waals surface area contributed by atoms with Crippen molar-refractivity contribution >= 4 is 39.5 Å². The van der Waals surface area contributed by atoms with Crippen molar-refractivity contribution in [3.05, 3.63) is 0 Å². The molecule has 103 heavy (non-hydrogen) atoms. The van der Waals surface area contributed by atoms with Crippen LogP contribution in [-0.4, -0.2) is 96.7 Å². The molecule has 612 valence electrons. The average molecular weight is 1510 g/mol. The molecule has 0 saturated carbocycles. The van der Waals surface area contributed by atoms with Crippen molar-refractivity contribution in [1.82, 2.24) is 0 Å². The fourth-order valence-electron chi connectivity index (χ4n) is 13.1. The highest BCUT2D eigenvalue weighted by Gasteiger charge is 2.30. The second-order valence-corrected chi connectivity index (χ2v) is 33.4. The van der Waals surface area contributed by atoms with Crippen molar-refractivity contribution in [1.29, 1.82) is 0 Å². The minimum Gasteiger partial charge on any atom is -0.462 e. The topological polar surface area (TPSA) is 237 Å². The van der Waals surface area contributed by atoms with Crippen LogP contribution in [0, 0.1) is 5.92 Å². The van der Waals surface area contributed by atoms with E-state index in [2.05, 4.69) is 34.6 Å². The van der Waals surface area contributed by atoms with Gasteiger partial charge in [0.2, 0.25) is 0 Å². The molecule has 0 aliphatic rings. The number of phosphoric acid groups is 2. The maximum atomic E-state index is 13.1. The molecule has 0 aromatic carbocycles. The Morgan fingerprint density at radius 2 is 0.466 bits per heavy atom. The molecule has 0 aliphatic heterocycles. The molecule has 0 spiro atoms. The Bertz CT molecular complexity index is 1960. The summed E-state index contributed by atoms with van der Waals surface area (Å²) in [6.45, 7) is 7.42. The van der Waals surface area contributed by atoms with Gasteiger partial charge in [0.25, 0.3) is 0 Å². The summed E-state index contributed by atoms with van der Waals surface area (Å²) in [5.41, 5.74) is 0. The van der Waals surface area contributed by atoms with Crippen LogP contribution in [-0.2, 0) is 65.4 Å². The average Bonchev–Trinajstić information content (AvgIpc) is 0.916. The summed E-state index contributed by atoms with van der Waals surface area (Å²) in [6.07, 6.45) is 69.3. The van der Waals surface area contributed by atoms with Crippen molar-refractivity contribution < 1.29 is 80.2 Å². The molecule has 0 amide bonds. The predicted molar refractivity (Wildman–Crippen MR) is 423 cm³/mol. The zero-order valence-corrected chi connectivity index (χ0v) is 69.3. The van der Waals surface area contributed by atoms with Gasteiger partial charge in [-0.15, -0.1) is 0 Å². The quantitative estimate of drug-likeness (QED) is 0.0222. The third-order valence-electron chi connectivity index (χ3n) is 20.1. The van der Waals surface area contributed by atoms with Crippen LogP contribution in [0.15, 0.2) is 0 Å². The number of carbonyl (C=O) groups excluding carboxylic acids is 4. The van der Waals surface area contributed by atoms with E-state index in [1.807, 2.05) is 0 Å². The first-order valence-corrected chi connectivity index (χ1v) is 46.7. The van der Waals surface area contributed by atoms with Crippen molar-refractivity contribution in [2.75, 3.05) is 39.6 Å². The van der Waals surface area contributed by atoms with Gasteiger partial charge in [-0.25, -0.2) is 9.13 Å². The van der Waals surface area contributed by atoms with Crippen molar-refractivity contribution in [2.24, 2.45) is 5.92 Å². The van der Waals surface area contributed by atoms with E-state index in [-0.39, 0.29) is 25.7 Å². The minimum atomic E-state index is -4.96. The van der Waals surface area contributed by atoms with Gasteiger partial charge in [0, 0.05) is 25.7 Å². The normalized spacial score (nSPS) is 14.1. The molecular weight excluding hydrogens is 1340 g/mol. The Morgan fingerprint density at radius 3 is 0.689 bits per heavy atom. The number of hydrogen-bond donors (Lipinski definition) is 3. The zero-order valence-electron chi connectivity index (χ0n) is 67.5. The minimum absolute atomic E-state index is 0.108. The molecule has 0 aromatic rings. The lowest BCUT2D eigenvalue weighted by atomic mass is 9.99. The largest absolute Gasteiger partial charge is 0.472 e. The first kappa shape index (κ1) is 101. The SMILES string of the molecule is CCCCCCCCCCCCCCCCCCCC(=O)OC[C@H](COP(=O)(O)OC[C@@H](O)COP(=O)(O)OC[C@@H](COC(=O)CCCCCCCCCCCCCC)OC(=O)CCCCCCCCCCCCCC)OC(=O)CCCCCCCCCCCCCCCCCCCCC(C)CC. The van der Waals surface area contributed by atoms with E-state index in [0.717, 1.165) is 95.8 Å². The number of ether oxygens (including phenoxy) is 4. The van der Waals surface area contributed by atoms with Gasteiger partial charge in [-0.3, -0.25) is 37.3 Å². The molecule has 0 aromatic heterocycles. The predicted octanol–water partition coefficient (Wildman–Crippen LogP) is 25.6. The number of unbranched alkanes of at least 4 members (excludes halogenated alkanes) is 55. The molecule has 0 aliphatic carbocycles. The third-order valence-corrected chi connectivity index (χ3v) is 22.0.